The minimum absolute atomic E-state index is 0.149. The molecule has 1 fully saturated rings. The Morgan fingerprint density at radius 1 is 0.964 bits per heavy atom. The maximum Gasteiger partial charge on any atom is 0.373 e. The predicted octanol–water partition coefficient (Wildman–Crippen LogP) is 3.98. The molecule has 1 aliphatic heterocycles. The van der Waals surface area contributed by atoms with Crippen molar-refractivity contribution in [1.82, 2.24) is 0 Å². The summed E-state index contributed by atoms with van der Waals surface area (Å²) >= 11 is 0. The van der Waals surface area contributed by atoms with Crippen molar-refractivity contribution < 1.29 is 23.7 Å². The Labute approximate surface area is 164 Å². The highest BCUT2D eigenvalue weighted by atomic mass is 16.7. The number of hydrogen-bond donors (Lipinski definition) is 0. The summed E-state index contributed by atoms with van der Waals surface area (Å²) in [6, 6.07) is 19.9. The first-order chi connectivity index (χ1) is 13.7. The van der Waals surface area contributed by atoms with Crippen LogP contribution in [0.5, 0.6) is 0 Å². The Morgan fingerprint density at radius 3 is 2.07 bits per heavy atom. The Kier molecular flexibility index (Phi) is 5.46. The molecule has 2 atom stereocenters. The lowest BCUT2D eigenvalue weighted by atomic mass is 9.94. The SMILES string of the molecule is COC(=O)C1=C[C@@H](OCc2ccccc2)C2(CC2)[C@@H](OCc2ccccc2)O1. The Morgan fingerprint density at radius 2 is 1.54 bits per heavy atom. The quantitative estimate of drug-likeness (QED) is 0.680. The van der Waals surface area contributed by atoms with Crippen LogP contribution in [0, 0.1) is 5.41 Å². The second-order valence-electron chi connectivity index (χ2n) is 7.22. The highest BCUT2D eigenvalue weighted by molar-refractivity contribution is 5.86. The van der Waals surface area contributed by atoms with E-state index in [4.69, 9.17) is 18.9 Å². The van der Waals surface area contributed by atoms with Crippen LogP contribution in [0.15, 0.2) is 72.5 Å². The van der Waals surface area contributed by atoms with E-state index in [9.17, 15) is 4.79 Å². The molecule has 0 radical (unpaired) electrons. The van der Waals surface area contributed by atoms with Gasteiger partial charge in [-0.1, -0.05) is 60.7 Å². The maximum atomic E-state index is 12.1. The van der Waals surface area contributed by atoms with Gasteiger partial charge in [0.2, 0.25) is 12.0 Å². The smallest absolute Gasteiger partial charge is 0.373 e. The summed E-state index contributed by atoms with van der Waals surface area (Å²) in [7, 11) is 1.34. The molecule has 2 aromatic rings. The second-order valence-corrected chi connectivity index (χ2v) is 7.22. The summed E-state index contributed by atoms with van der Waals surface area (Å²) in [5.74, 6) is -0.367. The number of esters is 1. The highest BCUT2D eigenvalue weighted by Crippen LogP contribution is 2.57. The zero-order valence-corrected chi connectivity index (χ0v) is 15.9. The minimum Gasteiger partial charge on any atom is -0.463 e. The van der Waals surface area contributed by atoms with Gasteiger partial charge in [-0.2, -0.15) is 0 Å². The van der Waals surface area contributed by atoms with Crippen molar-refractivity contribution in [2.24, 2.45) is 5.41 Å². The van der Waals surface area contributed by atoms with Crippen LogP contribution in [-0.4, -0.2) is 25.5 Å². The number of rotatable bonds is 7. The van der Waals surface area contributed by atoms with Crippen molar-refractivity contribution in [3.05, 3.63) is 83.6 Å². The molecule has 28 heavy (non-hydrogen) atoms. The van der Waals surface area contributed by atoms with Crippen molar-refractivity contribution in [3.63, 3.8) is 0 Å². The second kappa shape index (κ2) is 8.17. The maximum absolute atomic E-state index is 12.1. The van der Waals surface area contributed by atoms with Gasteiger partial charge in [0.05, 0.1) is 31.8 Å². The first-order valence-electron chi connectivity index (χ1n) is 9.49. The number of carbonyl (C=O) groups excluding carboxylic acids is 1. The van der Waals surface area contributed by atoms with Crippen LogP contribution in [0.3, 0.4) is 0 Å². The molecule has 146 valence electrons. The summed E-state index contributed by atoms with van der Waals surface area (Å²) in [6.07, 6.45) is 2.78. The van der Waals surface area contributed by atoms with Crippen LogP contribution in [0.25, 0.3) is 0 Å². The fourth-order valence-electron chi connectivity index (χ4n) is 3.51. The number of carbonyl (C=O) groups is 1. The molecule has 5 nitrogen and oxygen atoms in total. The molecule has 0 bridgehead atoms. The molecule has 4 rings (SSSR count). The van der Waals surface area contributed by atoms with E-state index in [1.54, 1.807) is 6.08 Å². The van der Waals surface area contributed by atoms with E-state index in [2.05, 4.69) is 0 Å². The summed E-state index contributed by atoms with van der Waals surface area (Å²) in [6.45, 7) is 0.872. The molecule has 1 saturated carbocycles. The molecular formula is C23H24O5. The fraction of sp³-hybridized carbons (Fsp3) is 0.348. The van der Waals surface area contributed by atoms with Crippen LogP contribution < -0.4 is 0 Å². The molecule has 5 heteroatoms. The van der Waals surface area contributed by atoms with Crippen molar-refractivity contribution in [3.8, 4) is 0 Å². The number of benzene rings is 2. The van der Waals surface area contributed by atoms with Crippen LogP contribution in [0.4, 0.5) is 0 Å². The minimum atomic E-state index is -0.549. The van der Waals surface area contributed by atoms with Gasteiger partial charge in [0.25, 0.3) is 0 Å². The summed E-state index contributed by atoms with van der Waals surface area (Å²) in [5, 5.41) is 0. The van der Waals surface area contributed by atoms with Gasteiger partial charge in [-0.05, 0) is 30.0 Å². The van der Waals surface area contributed by atoms with E-state index >= 15 is 0 Å². The zero-order valence-electron chi connectivity index (χ0n) is 15.9. The van der Waals surface area contributed by atoms with Crippen molar-refractivity contribution in [2.75, 3.05) is 7.11 Å². The van der Waals surface area contributed by atoms with Gasteiger partial charge >= 0.3 is 5.97 Å². The van der Waals surface area contributed by atoms with E-state index in [0.717, 1.165) is 24.0 Å². The molecule has 0 N–H and O–H groups in total. The Bertz CT molecular complexity index is 827. The fourth-order valence-corrected chi connectivity index (χ4v) is 3.51. The van der Waals surface area contributed by atoms with E-state index < -0.39 is 12.3 Å². The Hall–Kier alpha value is -2.63. The summed E-state index contributed by atoms with van der Waals surface area (Å²) < 4.78 is 23.1. The summed E-state index contributed by atoms with van der Waals surface area (Å²) in [4.78, 5) is 12.1. The van der Waals surface area contributed by atoms with Crippen LogP contribution in [0.2, 0.25) is 0 Å². The third kappa shape index (κ3) is 3.96. The van der Waals surface area contributed by atoms with E-state index in [0.29, 0.717) is 13.2 Å². The topological polar surface area (TPSA) is 54.0 Å². The monoisotopic (exact) mass is 380 g/mol. The van der Waals surface area contributed by atoms with Crippen LogP contribution in [-0.2, 0) is 37.0 Å². The summed E-state index contributed by atoms with van der Waals surface area (Å²) in [5.41, 5.74) is 1.87. The lowest BCUT2D eigenvalue weighted by Gasteiger charge is -2.36. The molecule has 1 aliphatic carbocycles. The molecule has 2 aromatic carbocycles. The average Bonchev–Trinajstić information content (AvgIpc) is 3.54. The molecule has 2 aliphatic rings. The highest BCUT2D eigenvalue weighted by Gasteiger charge is 2.60. The van der Waals surface area contributed by atoms with Gasteiger partial charge in [-0.25, -0.2) is 4.79 Å². The van der Waals surface area contributed by atoms with Gasteiger partial charge in [-0.15, -0.1) is 0 Å². The average molecular weight is 380 g/mol. The Balaban J connectivity index is 1.51. The van der Waals surface area contributed by atoms with Gasteiger partial charge in [0.15, 0.2) is 0 Å². The predicted molar refractivity (Wildman–Crippen MR) is 103 cm³/mol. The van der Waals surface area contributed by atoms with Crippen molar-refractivity contribution in [2.45, 2.75) is 38.4 Å². The van der Waals surface area contributed by atoms with Gasteiger partial charge in [0.1, 0.15) is 0 Å². The van der Waals surface area contributed by atoms with Gasteiger partial charge in [0, 0.05) is 0 Å². The zero-order chi connectivity index (χ0) is 19.4. The number of ether oxygens (including phenoxy) is 4. The third-order valence-electron chi connectivity index (χ3n) is 5.30. The molecule has 0 unspecified atom stereocenters. The van der Waals surface area contributed by atoms with Crippen LogP contribution >= 0.6 is 0 Å². The number of hydrogen-bond acceptors (Lipinski definition) is 5. The normalized spacial score (nSPS) is 22.2. The largest absolute Gasteiger partial charge is 0.463 e. The van der Waals surface area contributed by atoms with E-state index in [1.807, 2.05) is 60.7 Å². The standard InChI is InChI=1S/C23H24O5/c1-25-21(24)19-14-20(26-15-17-8-4-2-5-9-17)23(12-13-23)22(28-19)27-16-18-10-6-3-7-11-18/h2-11,14,20,22H,12-13,15-16H2,1H3/t20-,22+/m1/s1. The number of methoxy groups -OCH3 is 1. The molecule has 1 heterocycles. The van der Waals surface area contributed by atoms with E-state index in [-0.39, 0.29) is 17.3 Å². The van der Waals surface area contributed by atoms with Gasteiger partial charge in [-0.3, -0.25) is 0 Å². The van der Waals surface area contributed by atoms with Gasteiger partial charge < -0.3 is 18.9 Å². The van der Waals surface area contributed by atoms with Crippen LogP contribution in [0.1, 0.15) is 24.0 Å². The lowest BCUT2D eigenvalue weighted by molar-refractivity contribution is -0.207. The third-order valence-corrected chi connectivity index (χ3v) is 5.30. The first kappa shape index (κ1) is 18.7. The molecule has 0 saturated heterocycles. The first-order valence-corrected chi connectivity index (χ1v) is 9.49. The molecule has 1 spiro atoms. The lowest BCUT2D eigenvalue weighted by Crippen LogP contribution is -2.43. The van der Waals surface area contributed by atoms with E-state index in [1.165, 1.54) is 7.11 Å². The van der Waals surface area contributed by atoms with Crippen molar-refractivity contribution in [1.29, 1.82) is 0 Å². The van der Waals surface area contributed by atoms with Crippen molar-refractivity contribution >= 4 is 5.97 Å². The molecule has 0 aromatic heterocycles. The molecule has 0 amide bonds. The molecular weight excluding hydrogens is 356 g/mol.